The summed E-state index contributed by atoms with van der Waals surface area (Å²) in [6.07, 6.45) is -0.00109. The van der Waals surface area contributed by atoms with Gasteiger partial charge in [-0.25, -0.2) is 13.4 Å². The van der Waals surface area contributed by atoms with Gasteiger partial charge < -0.3 is 9.88 Å². The highest BCUT2D eigenvalue weighted by atomic mass is 32.2. The average molecular weight is 380 g/mol. The first-order chi connectivity index (χ1) is 11.5. The van der Waals surface area contributed by atoms with E-state index in [4.69, 9.17) is 0 Å². The number of likely N-dealkylation sites (tertiary alicyclic amines) is 1. The maximum Gasteiger partial charge on any atom is 0.392 e. The van der Waals surface area contributed by atoms with Crippen LogP contribution in [0.5, 0.6) is 0 Å². The number of sulfonamides is 1. The minimum absolute atomic E-state index is 0.0636. The topological polar surface area (TPSA) is 69.3 Å². The van der Waals surface area contributed by atoms with Gasteiger partial charge in [-0.3, -0.25) is 0 Å². The van der Waals surface area contributed by atoms with Crippen LogP contribution in [0.2, 0.25) is 0 Å². The molecule has 10 heteroatoms. The highest BCUT2D eigenvalue weighted by Crippen LogP contribution is 2.43. The first kappa shape index (κ1) is 18.7. The molecule has 2 aliphatic heterocycles. The largest absolute Gasteiger partial charge is 0.392 e. The molecule has 0 aliphatic carbocycles. The Kier molecular flexibility index (Phi) is 4.66. The zero-order valence-electron chi connectivity index (χ0n) is 14.3. The molecule has 1 fully saturated rings. The fraction of sp³-hybridized carbons (Fsp3) is 0.800. The summed E-state index contributed by atoms with van der Waals surface area (Å²) in [5, 5.41) is 0. The fourth-order valence-electron chi connectivity index (χ4n) is 4.02. The van der Waals surface area contributed by atoms with Crippen LogP contribution in [0.1, 0.15) is 31.2 Å². The molecule has 1 N–H and O–H groups in total. The quantitative estimate of drug-likeness (QED) is 0.867. The fourth-order valence-corrected chi connectivity index (χ4v) is 5.35. The molecule has 0 unspecified atom stereocenters. The number of rotatable bonds is 3. The van der Waals surface area contributed by atoms with Crippen molar-refractivity contribution in [1.29, 1.82) is 0 Å². The first-order valence-corrected chi connectivity index (χ1v) is 10.2. The summed E-state index contributed by atoms with van der Waals surface area (Å²) in [7, 11) is -3.44. The van der Waals surface area contributed by atoms with Gasteiger partial charge in [0.1, 0.15) is 0 Å². The number of hydrogen-bond acceptors (Lipinski definition) is 4. The zero-order chi connectivity index (χ0) is 18.5. The zero-order valence-corrected chi connectivity index (χ0v) is 15.1. The molecule has 1 saturated heterocycles. The van der Waals surface area contributed by atoms with Crippen LogP contribution in [-0.4, -0.2) is 66.2 Å². The summed E-state index contributed by atoms with van der Waals surface area (Å²) in [6.45, 7) is 2.32. The van der Waals surface area contributed by atoms with Crippen LogP contribution in [0.15, 0.2) is 6.33 Å². The Hall–Kier alpha value is -1.13. The van der Waals surface area contributed by atoms with Gasteiger partial charge in [-0.1, -0.05) is 6.92 Å². The van der Waals surface area contributed by atoms with Gasteiger partial charge in [0.05, 0.1) is 29.7 Å². The van der Waals surface area contributed by atoms with Crippen molar-refractivity contribution < 1.29 is 21.6 Å². The molecule has 3 heterocycles. The van der Waals surface area contributed by atoms with E-state index in [0.29, 0.717) is 38.9 Å². The maximum atomic E-state index is 12.8. The van der Waals surface area contributed by atoms with Crippen LogP contribution in [0, 0.1) is 5.92 Å². The molecule has 6 nitrogen and oxygen atoms in total. The number of aromatic nitrogens is 2. The number of H-pyrrole nitrogens is 1. The Morgan fingerprint density at radius 1 is 1.32 bits per heavy atom. The summed E-state index contributed by atoms with van der Waals surface area (Å²) in [6, 6.07) is 0. The lowest BCUT2D eigenvalue weighted by molar-refractivity contribution is -0.175. The molecule has 3 rings (SSSR count). The van der Waals surface area contributed by atoms with E-state index >= 15 is 0 Å². The van der Waals surface area contributed by atoms with Crippen molar-refractivity contribution in [2.75, 3.05) is 32.4 Å². The van der Waals surface area contributed by atoms with Crippen LogP contribution in [-0.2, 0) is 22.0 Å². The van der Waals surface area contributed by atoms with Crippen LogP contribution >= 0.6 is 0 Å². The lowest BCUT2D eigenvalue weighted by Gasteiger charge is -2.49. The van der Waals surface area contributed by atoms with Crippen molar-refractivity contribution >= 4 is 10.0 Å². The number of hydrogen-bond donors (Lipinski definition) is 1. The monoisotopic (exact) mass is 380 g/mol. The second kappa shape index (κ2) is 6.24. The van der Waals surface area contributed by atoms with E-state index in [9.17, 15) is 21.6 Å². The third-order valence-corrected chi connectivity index (χ3v) is 6.71. The predicted octanol–water partition coefficient (Wildman–Crippen LogP) is 1.72. The molecule has 1 spiro atoms. The molecule has 1 aromatic rings. The summed E-state index contributed by atoms with van der Waals surface area (Å²) < 4.78 is 64.5. The van der Waals surface area contributed by atoms with Crippen LogP contribution < -0.4 is 0 Å². The Labute approximate surface area is 145 Å². The summed E-state index contributed by atoms with van der Waals surface area (Å²) in [4.78, 5) is 9.20. The Balaban J connectivity index is 1.82. The molecule has 142 valence electrons. The lowest BCUT2D eigenvalue weighted by atomic mass is 9.80. The molecule has 0 saturated carbocycles. The van der Waals surface area contributed by atoms with Crippen molar-refractivity contribution in [3.8, 4) is 0 Å². The van der Waals surface area contributed by atoms with Crippen molar-refractivity contribution in [3.63, 3.8) is 0 Å². The van der Waals surface area contributed by atoms with Gasteiger partial charge in [0.15, 0.2) is 0 Å². The standard InChI is InChI=1S/C15H23F3N4O2S/c1-11(15(16,17)18)9-21-7-4-14(5-8-21)13-12(19-10-20-13)3-6-22(14)25(2,23)24/h10-11H,3-9H2,1-2H3,(H,19,20)/t11-/m0/s1. The molecule has 0 amide bonds. The van der Waals surface area contributed by atoms with E-state index in [2.05, 4.69) is 9.97 Å². The van der Waals surface area contributed by atoms with E-state index in [1.165, 1.54) is 17.5 Å². The molecule has 1 aromatic heterocycles. The molecule has 1 atom stereocenters. The third kappa shape index (κ3) is 3.43. The van der Waals surface area contributed by atoms with E-state index < -0.39 is 27.7 Å². The van der Waals surface area contributed by atoms with Crippen molar-refractivity contribution in [3.05, 3.63) is 17.7 Å². The van der Waals surface area contributed by atoms with Gasteiger partial charge in [0.2, 0.25) is 10.0 Å². The van der Waals surface area contributed by atoms with Crippen LogP contribution in [0.4, 0.5) is 13.2 Å². The van der Waals surface area contributed by atoms with Crippen LogP contribution in [0.25, 0.3) is 0 Å². The number of aromatic amines is 1. The number of fused-ring (bicyclic) bond motifs is 2. The molecule has 0 aromatic carbocycles. The molecule has 2 aliphatic rings. The number of halogens is 3. The highest BCUT2D eigenvalue weighted by Gasteiger charge is 2.50. The number of alkyl halides is 3. The smallest absolute Gasteiger partial charge is 0.348 e. The number of nitrogens with one attached hydrogen (secondary N) is 1. The molecule has 0 radical (unpaired) electrons. The van der Waals surface area contributed by atoms with E-state index in [-0.39, 0.29) is 6.54 Å². The van der Waals surface area contributed by atoms with E-state index in [1.54, 1.807) is 11.2 Å². The van der Waals surface area contributed by atoms with Gasteiger partial charge in [0.25, 0.3) is 0 Å². The number of piperidine rings is 1. The molecule has 0 bridgehead atoms. The van der Waals surface area contributed by atoms with Crippen LogP contribution in [0.3, 0.4) is 0 Å². The van der Waals surface area contributed by atoms with Crippen molar-refractivity contribution in [2.45, 2.75) is 37.9 Å². The number of imidazole rings is 1. The number of nitrogens with zero attached hydrogens (tertiary/aromatic N) is 3. The third-order valence-electron chi connectivity index (χ3n) is 5.38. The van der Waals surface area contributed by atoms with Gasteiger partial charge in [0, 0.05) is 38.3 Å². The predicted molar refractivity (Wildman–Crippen MR) is 86.4 cm³/mol. The van der Waals surface area contributed by atoms with Gasteiger partial charge >= 0.3 is 6.18 Å². The van der Waals surface area contributed by atoms with Crippen molar-refractivity contribution in [2.24, 2.45) is 5.92 Å². The Morgan fingerprint density at radius 2 is 1.96 bits per heavy atom. The molecular formula is C15H23F3N4O2S. The minimum Gasteiger partial charge on any atom is -0.348 e. The first-order valence-electron chi connectivity index (χ1n) is 8.34. The lowest BCUT2D eigenvalue weighted by Crippen LogP contribution is -2.58. The second-order valence-electron chi connectivity index (χ2n) is 7.09. The maximum absolute atomic E-state index is 12.8. The van der Waals surface area contributed by atoms with E-state index in [1.807, 2.05) is 0 Å². The normalized spacial score (nSPS) is 23.6. The molecular weight excluding hydrogens is 357 g/mol. The average Bonchev–Trinajstić information content (AvgIpc) is 2.97. The summed E-state index contributed by atoms with van der Waals surface area (Å²) in [5.41, 5.74) is 0.906. The summed E-state index contributed by atoms with van der Waals surface area (Å²) >= 11 is 0. The minimum atomic E-state index is -4.21. The molecule has 25 heavy (non-hydrogen) atoms. The SMILES string of the molecule is C[C@@H](CN1CCC2(CC1)c1nc[nH]c1CCN2S(C)(=O)=O)C(F)(F)F. The second-order valence-corrected chi connectivity index (χ2v) is 9.00. The Morgan fingerprint density at radius 3 is 2.52 bits per heavy atom. The van der Waals surface area contributed by atoms with Gasteiger partial charge in [-0.15, -0.1) is 0 Å². The van der Waals surface area contributed by atoms with E-state index in [0.717, 1.165) is 11.4 Å². The van der Waals surface area contributed by atoms with Gasteiger partial charge in [-0.05, 0) is 12.8 Å². The Bertz CT molecular complexity index is 723. The van der Waals surface area contributed by atoms with Gasteiger partial charge in [-0.2, -0.15) is 17.5 Å². The highest BCUT2D eigenvalue weighted by molar-refractivity contribution is 7.88. The summed E-state index contributed by atoms with van der Waals surface area (Å²) in [5.74, 6) is -1.40. The van der Waals surface area contributed by atoms with Crippen molar-refractivity contribution in [1.82, 2.24) is 19.2 Å².